The summed E-state index contributed by atoms with van der Waals surface area (Å²) in [6.45, 7) is 10.7. The number of nitrogens with zero attached hydrogens (tertiary/aromatic N) is 1. The molecule has 1 fully saturated rings. The highest BCUT2D eigenvalue weighted by atomic mass is 15.1. The van der Waals surface area contributed by atoms with Gasteiger partial charge in [0, 0.05) is 12.1 Å². The van der Waals surface area contributed by atoms with Crippen LogP contribution in [-0.2, 0) is 0 Å². The molecule has 1 N–H and O–H groups in total. The van der Waals surface area contributed by atoms with Gasteiger partial charge in [0.2, 0.25) is 0 Å². The number of hydrogen-bond donors (Lipinski definition) is 1. The van der Waals surface area contributed by atoms with Crippen LogP contribution < -0.4 is 5.32 Å². The first-order chi connectivity index (χ1) is 8.24. The number of unbranched alkanes of at least 4 members (excludes halogenated alkanes) is 3. The van der Waals surface area contributed by atoms with Crippen LogP contribution in [0.3, 0.4) is 0 Å². The fourth-order valence-corrected chi connectivity index (χ4v) is 2.70. The van der Waals surface area contributed by atoms with Crippen LogP contribution in [0, 0.1) is 0 Å². The van der Waals surface area contributed by atoms with Crippen LogP contribution >= 0.6 is 0 Å². The van der Waals surface area contributed by atoms with Gasteiger partial charge in [0.15, 0.2) is 0 Å². The zero-order valence-corrected chi connectivity index (χ0v) is 12.2. The van der Waals surface area contributed by atoms with Gasteiger partial charge in [-0.15, -0.1) is 0 Å². The molecule has 0 spiro atoms. The van der Waals surface area contributed by atoms with E-state index in [9.17, 15) is 0 Å². The Morgan fingerprint density at radius 2 is 1.94 bits per heavy atom. The third-order valence-electron chi connectivity index (χ3n) is 3.96. The summed E-state index contributed by atoms with van der Waals surface area (Å²) >= 11 is 0. The van der Waals surface area contributed by atoms with Crippen molar-refractivity contribution in [2.24, 2.45) is 0 Å². The molecule has 1 rings (SSSR count). The molecule has 2 nitrogen and oxygen atoms in total. The van der Waals surface area contributed by atoms with E-state index in [4.69, 9.17) is 0 Å². The van der Waals surface area contributed by atoms with Gasteiger partial charge in [0.05, 0.1) is 0 Å². The minimum atomic E-state index is 0.721. The van der Waals surface area contributed by atoms with E-state index in [1.165, 1.54) is 64.6 Å². The fourth-order valence-electron chi connectivity index (χ4n) is 2.70. The van der Waals surface area contributed by atoms with E-state index in [-0.39, 0.29) is 0 Å². The monoisotopic (exact) mass is 240 g/mol. The van der Waals surface area contributed by atoms with E-state index in [0.29, 0.717) is 0 Å². The molecule has 0 amide bonds. The first-order valence-corrected chi connectivity index (χ1v) is 7.71. The zero-order chi connectivity index (χ0) is 12.5. The molecule has 0 aromatic carbocycles. The Morgan fingerprint density at radius 1 is 1.12 bits per heavy atom. The summed E-state index contributed by atoms with van der Waals surface area (Å²) in [6.07, 6.45) is 9.57. The molecule has 0 radical (unpaired) electrons. The Balaban J connectivity index is 2.09. The van der Waals surface area contributed by atoms with Crippen molar-refractivity contribution >= 4 is 0 Å². The van der Waals surface area contributed by atoms with Crippen molar-refractivity contribution in [1.82, 2.24) is 10.2 Å². The maximum Gasteiger partial charge on any atom is 0.00797 e. The standard InChI is InChI=1S/C15H32N2/c1-4-5-6-7-11-16-15-9-8-12-17(13-10-15)14(2)3/h14-16H,4-13H2,1-3H3. The average molecular weight is 240 g/mol. The summed E-state index contributed by atoms with van der Waals surface area (Å²) in [7, 11) is 0. The van der Waals surface area contributed by atoms with E-state index in [1.807, 2.05) is 0 Å². The van der Waals surface area contributed by atoms with Gasteiger partial charge in [-0.05, 0) is 59.2 Å². The van der Waals surface area contributed by atoms with Gasteiger partial charge in [-0.25, -0.2) is 0 Å². The smallest absolute Gasteiger partial charge is 0.00797 e. The lowest BCUT2D eigenvalue weighted by Crippen LogP contribution is -2.34. The Hall–Kier alpha value is -0.0800. The maximum atomic E-state index is 3.75. The van der Waals surface area contributed by atoms with Gasteiger partial charge in [-0.3, -0.25) is 0 Å². The third-order valence-corrected chi connectivity index (χ3v) is 3.96. The predicted octanol–water partition coefficient (Wildman–Crippen LogP) is 3.42. The zero-order valence-electron chi connectivity index (χ0n) is 12.2. The second kappa shape index (κ2) is 8.93. The predicted molar refractivity (Wildman–Crippen MR) is 76.5 cm³/mol. The van der Waals surface area contributed by atoms with Gasteiger partial charge in [0.25, 0.3) is 0 Å². The molecule has 0 bridgehead atoms. The van der Waals surface area contributed by atoms with Crippen molar-refractivity contribution < 1.29 is 0 Å². The van der Waals surface area contributed by atoms with E-state index in [0.717, 1.165) is 12.1 Å². The lowest BCUT2D eigenvalue weighted by atomic mass is 10.1. The van der Waals surface area contributed by atoms with Crippen LogP contribution in [0.25, 0.3) is 0 Å². The van der Waals surface area contributed by atoms with Gasteiger partial charge < -0.3 is 10.2 Å². The van der Waals surface area contributed by atoms with Crippen LogP contribution in [0.1, 0.15) is 65.7 Å². The largest absolute Gasteiger partial charge is 0.314 e. The van der Waals surface area contributed by atoms with Crippen LogP contribution in [0.15, 0.2) is 0 Å². The summed E-state index contributed by atoms with van der Waals surface area (Å²) in [5.41, 5.74) is 0. The third kappa shape index (κ3) is 6.42. The van der Waals surface area contributed by atoms with E-state index in [2.05, 4.69) is 31.0 Å². The van der Waals surface area contributed by atoms with Crippen molar-refractivity contribution in [3.63, 3.8) is 0 Å². The van der Waals surface area contributed by atoms with Crippen LogP contribution in [-0.4, -0.2) is 36.6 Å². The summed E-state index contributed by atoms with van der Waals surface area (Å²) < 4.78 is 0. The number of hydrogen-bond acceptors (Lipinski definition) is 2. The quantitative estimate of drug-likeness (QED) is 0.686. The van der Waals surface area contributed by atoms with Crippen molar-refractivity contribution in [2.45, 2.75) is 77.8 Å². The summed E-state index contributed by atoms with van der Waals surface area (Å²) in [5.74, 6) is 0. The van der Waals surface area contributed by atoms with E-state index >= 15 is 0 Å². The van der Waals surface area contributed by atoms with Gasteiger partial charge in [-0.2, -0.15) is 0 Å². The highest BCUT2D eigenvalue weighted by Crippen LogP contribution is 2.13. The first kappa shape index (κ1) is 15.0. The molecule has 102 valence electrons. The van der Waals surface area contributed by atoms with Crippen LogP contribution in [0.5, 0.6) is 0 Å². The Labute approximate surface area is 108 Å². The highest BCUT2D eigenvalue weighted by Gasteiger charge is 2.17. The molecular weight excluding hydrogens is 208 g/mol. The Kier molecular flexibility index (Phi) is 7.87. The minimum Gasteiger partial charge on any atom is -0.314 e. The second-order valence-corrected chi connectivity index (χ2v) is 5.77. The summed E-state index contributed by atoms with van der Waals surface area (Å²) in [6, 6.07) is 1.50. The minimum absolute atomic E-state index is 0.721. The van der Waals surface area contributed by atoms with Crippen molar-refractivity contribution in [1.29, 1.82) is 0 Å². The highest BCUT2D eigenvalue weighted by molar-refractivity contribution is 4.76. The van der Waals surface area contributed by atoms with Crippen LogP contribution in [0.4, 0.5) is 0 Å². The fraction of sp³-hybridized carbons (Fsp3) is 1.00. The molecule has 1 unspecified atom stereocenters. The second-order valence-electron chi connectivity index (χ2n) is 5.77. The topological polar surface area (TPSA) is 15.3 Å². The molecule has 0 saturated carbocycles. The summed E-state index contributed by atoms with van der Waals surface area (Å²) in [4.78, 5) is 2.62. The van der Waals surface area contributed by atoms with Crippen molar-refractivity contribution in [3.8, 4) is 0 Å². The molecule has 1 heterocycles. The normalized spacial score (nSPS) is 22.9. The molecule has 1 aliphatic rings. The SMILES string of the molecule is CCCCCCNC1CCCN(C(C)C)CC1. The average Bonchev–Trinajstić information content (AvgIpc) is 2.54. The maximum absolute atomic E-state index is 3.75. The molecule has 0 aromatic heterocycles. The molecule has 1 saturated heterocycles. The van der Waals surface area contributed by atoms with E-state index in [1.54, 1.807) is 0 Å². The molecule has 1 atom stereocenters. The van der Waals surface area contributed by atoms with E-state index < -0.39 is 0 Å². The molecule has 17 heavy (non-hydrogen) atoms. The number of likely N-dealkylation sites (tertiary alicyclic amines) is 1. The van der Waals surface area contributed by atoms with Gasteiger partial charge >= 0.3 is 0 Å². The van der Waals surface area contributed by atoms with Crippen LogP contribution in [0.2, 0.25) is 0 Å². The molecular formula is C15H32N2. The van der Waals surface area contributed by atoms with Crippen molar-refractivity contribution in [2.75, 3.05) is 19.6 Å². The molecule has 2 heteroatoms. The molecule has 0 aromatic rings. The lowest BCUT2D eigenvalue weighted by molar-refractivity contribution is 0.229. The molecule has 1 aliphatic heterocycles. The summed E-state index contributed by atoms with van der Waals surface area (Å²) in [5, 5.41) is 3.75. The first-order valence-electron chi connectivity index (χ1n) is 7.71. The Morgan fingerprint density at radius 3 is 2.65 bits per heavy atom. The number of rotatable bonds is 7. The van der Waals surface area contributed by atoms with Gasteiger partial charge in [-0.1, -0.05) is 26.2 Å². The molecule has 0 aliphatic carbocycles. The van der Waals surface area contributed by atoms with Crippen molar-refractivity contribution in [3.05, 3.63) is 0 Å². The lowest BCUT2D eigenvalue weighted by Gasteiger charge is -2.24. The van der Waals surface area contributed by atoms with Gasteiger partial charge in [0.1, 0.15) is 0 Å². The Bertz CT molecular complexity index is 180. The number of nitrogens with one attached hydrogen (secondary N) is 1.